The minimum atomic E-state index is 0.399. The van der Waals surface area contributed by atoms with Gasteiger partial charge in [-0.1, -0.05) is 26.7 Å². The van der Waals surface area contributed by atoms with Crippen molar-refractivity contribution in [1.29, 1.82) is 0 Å². The Balaban J connectivity index is 2.96. The van der Waals surface area contributed by atoms with Crippen molar-refractivity contribution in [3.63, 3.8) is 0 Å². The van der Waals surface area contributed by atoms with E-state index in [1.807, 2.05) is 13.8 Å². The van der Waals surface area contributed by atoms with Gasteiger partial charge in [-0.3, -0.25) is 0 Å². The van der Waals surface area contributed by atoms with E-state index in [9.17, 15) is 0 Å². The van der Waals surface area contributed by atoms with Crippen LogP contribution in [0.3, 0.4) is 0 Å². The van der Waals surface area contributed by atoms with Gasteiger partial charge in [0, 0.05) is 19.6 Å². The molecular formula is C15H29N5O. The quantitative estimate of drug-likeness (QED) is 0.677. The van der Waals surface area contributed by atoms with Gasteiger partial charge in [0.15, 0.2) is 0 Å². The number of hydrogen-bond donors (Lipinski definition) is 1. The minimum Gasteiger partial charge on any atom is -0.464 e. The maximum absolute atomic E-state index is 5.46. The van der Waals surface area contributed by atoms with Crippen molar-refractivity contribution in [2.45, 2.75) is 53.4 Å². The molecule has 0 unspecified atom stereocenters. The van der Waals surface area contributed by atoms with Crippen LogP contribution in [0.1, 0.15) is 53.4 Å². The highest BCUT2D eigenvalue weighted by Crippen LogP contribution is 2.16. The van der Waals surface area contributed by atoms with Crippen LogP contribution in [0, 0.1) is 0 Å². The van der Waals surface area contributed by atoms with Crippen LogP contribution in [0.2, 0.25) is 0 Å². The van der Waals surface area contributed by atoms with Gasteiger partial charge in [-0.25, -0.2) is 0 Å². The Morgan fingerprint density at radius 1 is 0.952 bits per heavy atom. The predicted molar refractivity (Wildman–Crippen MR) is 87.2 cm³/mol. The van der Waals surface area contributed by atoms with Crippen LogP contribution in [0.4, 0.5) is 11.9 Å². The Labute approximate surface area is 128 Å². The molecule has 0 bridgehead atoms. The second kappa shape index (κ2) is 10.2. The van der Waals surface area contributed by atoms with E-state index in [-0.39, 0.29) is 0 Å². The molecule has 0 atom stereocenters. The van der Waals surface area contributed by atoms with E-state index in [0.717, 1.165) is 45.3 Å². The number of ether oxygens (including phenoxy) is 1. The van der Waals surface area contributed by atoms with Crippen LogP contribution in [0.5, 0.6) is 6.01 Å². The van der Waals surface area contributed by atoms with Crippen LogP contribution in [0.25, 0.3) is 0 Å². The fraction of sp³-hybridized carbons (Fsp3) is 0.800. The monoisotopic (exact) mass is 295 g/mol. The van der Waals surface area contributed by atoms with E-state index in [1.165, 1.54) is 0 Å². The first kappa shape index (κ1) is 17.5. The highest BCUT2D eigenvalue weighted by molar-refractivity contribution is 5.38. The summed E-state index contributed by atoms with van der Waals surface area (Å²) < 4.78 is 5.46. The topological polar surface area (TPSA) is 63.2 Å². The van der Waals surface area contributed by atoms with Crippen molar-refractivity contribution in [3.8, 4) is 6.01 Å². The van der Waals surface area contributed by atoms with E-state index in [1.54, 1.807) is 0 Å². The van der Waals surface area contributed by atoms with Gasteiger partial charge >= 0.3 is 6.01 Å². The Kier molecular flexibility index (Phi) is 8.47. The maximum Gasteiger partial charge on any atom is 0.323 e. The van der Waals surface area contributed by atoms with Gasteiger partial charge in [0.1, 0.15) is 0 Å². The van der Waals surface area contributed by atoms with Crippen LogP contribution in [-0.4, -0.2) is 41.2 Å². The van der Waals surface area contributed by atoms with Crippen LogP contribution in [-0.2, 0) is 0 Å². The van der Waals surface area contributed by atoms with Gasteiger partial charge in [-0.15, -0.1) is 0 Å². The molecular weight excluding hydrogens is 266 g/mol. The normalized spacial score (nSPS) is 10.5. The molecule has 1 aromatic heterocycles. The van der Waals surface area contributed by atoms with Gasteiger partial charge < -0.3 is 15.0 Å². The number of nitrogens with zero attached hydrogens (tertiary/aromatic N) is 4. The smallest absolute Gasteiger partial charge is 0.323 e. The molecule has 1 N–H and O–H groups in total. The molecule has 6 heteroatoms. The summed E-state index contributed by atoms with van der Waals surface area (Å²) in [6.07, 6.45) is 4.59. The third-order valence-corrected chi connectivity index (χ3v) is 3.06. The second-order valence-electron chi connectivity index (χ2n) is 4.90. The third kappa shape index (κ3) is 6.14. The van der Waals surface area contributed by atoms with Crippen molar-refractivity contribution in [2.75, 3.05) is 36.5 Å². The molecule has 0 saturated carbocycles. The molecule has 1 aromatic rings. The third-order valence-electron chi connectivity index (χ3n) is 3.06. The summed E-state index contributed by atoms with van der Waals surface area (Å²) in [4.78, 5) is 15.5. The highest BCUT2D eigenvalue weighted by Gasteiger charge is 2.13. The summed E-state index contributed by atoms with van der Waals surface area (Å²) in [6.45, 7) is 11.6. The first-order valence-electron chi connectivity index (χ1n) is 8.12. The molecule has 0 amide bonds. The Bertz CT molecular complexity index is 367. The zero-order valence-electron chi connectivity index (χ0n) is 13.9. The number of anilines is 2. The van der Waals surface area contributed by atoms with E-state index >= 15 is 0 Å². The van der Waals surface area contributed by atoms with Crippen molar-refractivity contribution < 1.29 is 4.74 Å². The molecule has 0 aromatic carbocycles. The van der Waals surface area contributed by atoms with Crippen molar-refractivity contribution in [2.24, 2.45) is 0 Å². The Morgan fingerprint density at radius 3 is 2.14 bits per heavy atom. The van der Waals surface area contributed by atoms with E-state index < -0.39 is 0 Å². The van der Waals surface area contributed by atoms with Crippen molar-refractivity contribution >= 4 is 11.9 Å². The lowest BCUT2D eigenvalue weighted by Crippen LogP contribution is -2.28. The fourth-order valence-electron chi connectivity index (χ4n) is 1.93. The van der Waals surface area contributed by atoms with E-state index in [2.05, 4.69) is 39.0 Å². The SMILES string of the molecule is CCCCN(CCCC)c1nc(NCC)nc(OCC)n1. The number of hydrogen-bond acceptors (Lipinski definition) is 6. The molecule has 0 aliphatic carbocycles. The molecule has 0 fully saturated rings. The van der Waals surface area contributed by atoms with Crippen LogP contribution >= 0.6 is 0 Å². The summed E-state index contributed by atoms with van der Waals surface area (Å²) >= 11 is 0. The molecule has 0 saturated heterocycles. The largest absolute Gasteiger partial charge is 0.464 e. The molecule has 1 rings (SSSR count). The maximum atomic E-state index is 5.46. The molecule has 21 heavy (non-hydrogen) atoms. The number of rotatable bonds is 11. The van der Waals surface area contributed by atoms with Gasteiger partial charge in [0.05, 0.1) is 6.61 Å². The first-order chi connectivity index (χ1) is 10.2. The molecule has 1 heterocycles. The Morgan fingerprint density at radius 2 is 1.62 bits per heavy atom. The summed E-state index contributed by atoms with van der Waals surface area (Å²) in [5, 5.41) is 3.14. The van der Waals surface area contributed by atoms with Crippen molar-refractivity contribution in [3.05, 3.63) is 0 Å². The number of nitrogens with one attached hydrogen (secondary N) is 1. The van der Waals surface area contributed by atoms with E-state index in [4.69, 9.17) is 4.74 Å². The zero-order chi connectivity index (χ0) is 15.5. The van der Waals surface area contributed by atoms with E-state index in [0.29, 0.717) is 24.5 Å². The molecule has 0 radical (unpaired) electrons. The minimum absolute atomic E-state index is 0.399. The summed E-state index contributed by atoms with van der Waals surface area (Å²) in [7, 11) is 0. The molecule has 0 aliphatic rings. The number of unbranched alkanes of at least 4 members (excludes halogenated alkanes) is 2. The standard InChI is InChI=1S/C15H29N5O/c1-5-9-11-20(12-10-6-2)14-17-13(16-7-3)18-15(19-14)21-8-4/h5-12H2,1-4H3,(H,16,17,18,19). The zero-order valence-corrected chi connectivity index (χ0v) is 13.9. The lowest BCUT2D eigenvalue weighted by Gasteiger charge is -2.22. The van der Waals surface area contributed by atoms with Crippen molar-refractivity contribution in [1.82, 2.24) is 15.0 Å². The molecule has 0 aliphatic heterocycles. The first-order valence-corrected chi connectivity index (χ1v) is 8.12. The van der Waals surface area contributed by atoms with Gasteiger partial charge in [-0.2, -0.15) is 15.0 Å². The van der Waals surface area contributed by atoms with Gasteiger partial charge in [-0.05, 0) is 26.7 Å². The average molecular weight is 295 g/mol. The van der Waals surface area contributed by atoms with Gasteiger partial charge in [0.2, 0.25) is 11.9 Å². The highest BCUT2D eigenvalue weighted by atomic mass is 16.5. The van der Waals surface area contributed by atoms with Crippen LogP contribution < -0.4 is 15.0 Å². The summed E-state index contributed by atoms with van der Waals surface area (Å²) in [5.41, 5.74) is 0. The lowest BCUT2D eigenvalue weighted by molar-refractivity contribution is 0.312. The average Bonchev–Trinajstić information content (AvgIpc) is 2.48. The number of aromatic nitrogens is 3. The molecule has 0 spiro atoms. The van der Waals surface area contributed by atoms with Crippen LogP contribution in [0.15, 0.2) is 0 Å². The summed E-state index contributed by atoms with van der Waals surface area (Å²) in [6, 6.07) is 0.399. The second-order valence-corrected chi connectivity index (χ2v) is 4.90. The lowest BCUT2D eigenvalue weighted by atomic mass is 10.3. The van der Waals surface area contributed by atoms with Gasteiger partial charge in [0.25, 0.3) is 0 Å². The molecule has 120 valence electrons. The summed E-state index contributed by atoms with van der Waals surface area (Å²) in [5.74, 6) is 1.30. The fourth-order valence-corrected chi connectivity index (χ4v) is 1.93. The predicted octanol–water partition coefficient (Wildman–Crippen LogP) is 3.11. The molecule has 6 nitrogen and oxygen atoms in total. The Hall–Kier alpha value is -1.59.